The summed E-state index contributed by atoms with van der Waals surface area (Å²) in [5, 5.41) is 8.22. The van der Waals surface area contributed by atoms with Crippen LogP contribution in [0.3, 0.4) is 0 Å². The molecule has 0 unspecified atom stereocenters. The van der Waals surface area contributed by atoms with E-state index in [1.54, 1.807) is 0 Å². The van der Waals surface area contributed by atoms with Gasteiger partial charge >= 0.3 is 6.03 Å². The van der Waals surface area contributed by atoms with Gasteiger partial charge in [-0.1, -0.05) is 12.1 Å². The molecular formula is C20H25N3O2S. The van der Waals surface area contributed by atoms with Crippen LogP contribution in [0.25, 0.3) is 0 Å². The van der Waals surface area contributed by atoms with E-state index >= 15 is 0 Å². The number of amides is 2. The Kier molecular flexibility index (Phi) is 5.13. The molecule has 3 heterocycles. The fourth-order valence-electron chi connectivity index (χ4n) is 3.76. The van der Waals surface area contributed by atoms with Crippen LogP contribution in [0.15, 0.2) is 35.7 Å². The van der Waals surface area contributed by atoms with Crippen molar-refractivity contribution in [2.24, 2.45) is 0 Å². The minimum absolute atomic E-state index is 0.00742. The number of para-hydroxylation sites is 2. The van der Waals surface area contributed by atoms with Gasteiger partial charge in [-0.3, -0.25) is 0 Å². The summed E-state index contributed by atoms with van der Waals surface area (Å²) < 4.78 is 5.66. The lowest BCUT2D eigenvalue weighted by Crippen LogP contribution is -2.43. The summed E-state index contributed by atoms with van der Waals surface area (Å²) in [4.78, 5) is 16.3. The number of ether oxygens (including phenoxy) is 1. The summed E-state index contributed by atoms with van der Waals surface area (Å²) in [7, 11) is 0. The Balaban J connectivity index is 1.43. The summed E-state index contributed by atoms with van der Waals surface area (Å²) in [5.74, 6) is 0. The van der Waals surface area contributed by atoms with E-state index in [2.05, 4.69) is 33.0 Å². The molecule has 2 aliphatic rings. The predicted molar refractivity (Wildman–Crippen MR) is 106 cm³/mol. The van der Waals surface area contributed by atoms with Crippen LogP contribution in [0.4, 0.5) is 16.2 Å². The first-order valence-corrected chi connectivity index (χ1v) is 10.2. The zero-order chi connectivity index (χ0) is 17.9. The van der Waals surface area contributed by atoms with Crippen molar-refractivity contribution in [3.8, 4) is 0 Å². The van der Waals surface area contributed by atoms with Gasteiger partial charge in [-0.05, 0) is 55.3 Å². The molecule has 2 N–H and O–H groups in total. The minimum atomic E-state index is -0.173. The first-order chi connectivity index (χ1) is 12.7. The van der Waals surface area contributed by atoms with E-state index in [9.17, 15) is 4.79 Å². The number of carbonyl (C=O) groups excluding carboxylic acids is 1. The largest absolute Gasteiger partial charge is 0.376 e. The van der Waals surface area contributed by atoms with Gasteiger partial charge in [0.1, 0.15) is 0 Å². The molecule has 4 rings (SSSR count). The summed E-state index contributed by atoms with van der Waals surface area (Å²) in [6.45, 7) is 4.66. The second-order valence-corrected chi connectivity index (χ2v) is 8.00. The highest BCUT2D eigenvalue weighted by molar-refractivity contribution is 7.10. The van der Waals surface area contributed by atoms with Gasteiger partial charge in [0.2, 0.25) is 0 Å². The summed E-state index contributed by atoms with van der Waals surface area (Å²) in [6, 6.07) is 10.1. The maximum absolute atomic E-state index is 12.5. The average molecular weight is 372 g/mol. The molecule has 26 heavy (non-hydrogen) atoms. The maximum Gasteiger partial charge on any atom is 0.319 e. The van der Waals surface area contributed by atoms with E-state index in [0.29, 0.717) is 0 Å². The number of anilines is 2. The molecule has 1 fully saturated rings. The normalized spacial score (nSPS) is 20.5. The average Bonchev–Trinajstić information content (AvgIpc) is 3.33. The predicted octanol–water partition coefficient (Wildman–Crippen LogP) is 4.00. The number of thiophene rings is 1. The Hall–Kier alpha value is -2.05. The molecule has 0 bridgehead atoms. The Labute approximate surface area is 158 Å². The second kappa shape index (κ2) is 7.68. The van der Waals surface area contributed by atoms with Crippen LogP contribution in [0.1, 0.15) is 30.2 Å². The van der Waals surface area contributed by atoms with Crippen molar-refractivity contribution in [1.82, 2.24) is 5.32 Å². The molecule has 138 valence electrons. The fourth-order valence-corrected chi connectivity index (χ4v) is 4.65. The number of urea groups is 1. The molecule has 2 aromatic rings. The van der Waals surface area contributed by atoms with Crippen molar-refractivity contribution < 1.29 is 9.53 Å². The standard InChI is InChI=1S/C20H25N3O2S/c1-14(18-7-4-11-25-18)21-20(24)22-16-5-2-3-6-17(16)23-10-8-19-15(13-23)9-12-26-19/h2-3,5-6,9,12,14,18H,4,7-8,10-11,13H2,1H3,(H2,21,22,24)/t14-,18+/m0/s1. The highest BCUT2D eigenvalue weighted by atomic mass is 32.1. The fraction of sp³-hybridized carbons (Fsp3) is 0.450. The lowest BCUT2D eigenvalue weighted by atomic mass is 10.1. The molecule has 0 spiro atoms. The van der Waals surface area contributed by atoms with Gasteiger partial charge in [0.05, 0.1) is 23.5 Å². The number of nitrogens with zero attached hydrogens (tertiary/aromatic N) is 1. The topological polar surface area (TPSA) is 53.6 Å². The molecule has 1 saturated heterocycles. The highest BCUT2D eigenvalue weighted by Gasteiger charge is 2.24. The van der Waals surface area contributed by atoms with Gasteiger partial charge in [-0.2, -0.15) is 0 Å². The van der Waals surface area contributed by atoms with Crippen LogP contribution < -0.4 is 15.5 Å². The van der Waals surface area contributed by atoms with Gasteiger partial charge in [-0.15, -0.1) is 11.3 Å². The molecule has 2 aliphatic heterocycles. The number of fused-ring (bicyclic) bond motifs is 1. The van der Waals surface area contributed by atoms with Gasteiger partial charge in [-0.25, -0.2) is 4.79 Å². The summed E-state index contributed by atoms with van der Waals surface area (Å²) in [5.41, 5.74) is 3.32. The number of benzene rings is 1. The van der Waals surface area contributed by atoms with E-state index < -0.39 is 0 Å². The number of hydrogen-bond acceptors (Lipinski definition) is 4. The quantitative estimate of drug-likeness (QED) is 0.854. The van der Waals surface area contributed by atoms with Crippen molar-refractivity contribution >= 4 is 28.7 Å². The molecule has 5 nitrogen and oxygen atoms in total. The van der Waals surface area contributed by atoms with E-state index in [0.717, 1.165) is 50.3 Å². The zero-order valence-corrected chi connectivity index (χ0v) is 15.8. The Bertz CT molecular complexity index is 770. The molecule has 2 atom stereocenters. The van der Waals surface area contributed by atoms with Crippen LogP contribution in [0.2, 0.25) is 0 Å². The summed E-state index contributed by atoms with van der Waals surface area (Å²) in [6.07, 6.45) is 3.26. The van der Waals surface area contributed by atoms with Gasteiger partial charge < -0.3 is 20.3 Å². The third kappa shape index (κ3) is 3.71. The summed E-state index contributed by atoms with van der Waals surface area (Å²) >= 11 is 1.84. The molecule has 0 saturated carbocycles. The van der Waals surface area contributed by atoms with Crippen LogP contribution >= 0.6 is 11.3 Å². The third-order valence-corrected chi connectivity index (χ3v) is 6.20. The van der Waals surface area contributed by atoms with E-state index in [-0.39, 0.29) is 18.2 Å². The molecular weight excluding hydrogens is 346 g/mol. The van der Waals surface area contributed by atoms with Crippen molar-refractivity contribution in [1.29, 1.82) is 0 Å². The Morgan fingerprint density at radius 3 is 3.08 bits per heavy atom. The molecule has 6 heteroatoms. The van der Waals surface area contributed by atoms with Gasteiger partial charge in [0.25, 0.3) is 0 Å². The Morgan fingerprint density at radius 2 is 2.23 bits per heavy atom. The lowest BCUT2D eigenvalue weighted by Gasteiger charge is -2.31. The van der Waals surface area contributed by atoms with Crippen molar-refractivity contribution in [3.05, 3.63) is 46.2 Å². The van der Waals surface area contributed by atoms with E-state index in [1.807, 2.05) is 36.5 Å². The Morgan fingerprint density at radius 1 is 1.35 bits per heavy atom. The first-order valence-electron chi connectivity index (χ1n) is 9.29. The van der Waals surface area contributed by atoms with E-state index in [4.69, 9.17) is 4.74 Å². The minimum Gasteiger partial charge on any atom is -0.376 e. The molecule has 1 aromatic carbocycles. The van der Waals surface area contributed by atoms with E-state index in [1.165, 1.54) is 10.4 Å². The molecule has 0 radical (unpaired) electrons. The SMILES string of the molecule is C[C@H](NC(=O)Nc1ccccc1N1CCc2sccc2C1)[C@H]1CCCO1. The van der Waals surface area contributed by atoms with Crippen LogP contribution in [-0.2, 0) is 17.7 Å². The van der Waals surface area contributed by atoms with Gasteiger partial charge in [0.15, 0.2) is 0 Å². The van der Waals surface area contributed by atoms with Crippen molar-refractivity contribution in [3.63, 3.8) is 0 Å². The third-order valence-electron chi connectivity index (χ3n) is 5.18. The smallest absolute Gasteiger partial charge is 0.319 e. The van der Waals surface area contributed by atoms with Crippen molar-refractivity contribution in [2.75, 3.05) is 23.4 Å². The molecule has 2 amide bonds. The van der Waals surface area contributed by atoms with Crippen LogP contribution in [0, 0.1) is 0 Å². The second-order valence-electron chi connectivity index (χ2n) is 7.00. The number of hydrogen-bond donors (Lipinski definition) is 2. The van der Waals surface area contributed by atoms with Gasteiger partial charge in [0, 0.05) is 24.6 Å². The molecule has 1 aromatic heterocycles. The van der Waals surface area contributed by atoms with Crippen molar-refractivity contribution in [2.45, 2.75) is 44.9 Å². The monoisotopic (exact) mass is 371 g/mol. The number of nitrogens with one attached hydrogen (secondary N) is 2. The number of rotatable bonds is 4. The first kappa shape index (κ1) is 17.4. The zero-order valence-electron chi connectivity index (χ0n) is 15.0. The van der Waals surface area contributed by atoms with Crippen LogP contribution in [-0.4, -0.2) is 31.3 Å². The highest BCUT2D eigenvalue weighted by Crippen LogP contribution is 2.32. The van der Waals surface area contributed by atoms with Crippen LogP contribution in [0.5, 0.6) is 0 Å². The number of carbonyl (C=O) groups is 1. The maximum atomic E-state index is 12.5. The lowest BCUT2D eigenvalue weighted by molar-refractivity contribution is 0.0868. The molecule has 0 aliphatic carbocycles.